The van der Waals surface area contributed by atoms with Gasteiger partial charge < -0.3 is 15.2 Å². The normalized spacial score (nSPS) is 21.4. The van der Waals surface area contributed by atoms with Gasteiger partial charge in [-0.3, -0.25) is 4.68 Å². The van der Waals surface area contributed by atoms with Gasteiger partial charge in [0.2, 0.25) is 0 Å². The van der Waals surface area contributed by atoms with E-state index in [1.807, 2.05) is 30.1 Å². The van der Waals surface area contributed by atoms with Crippen molar-refractivity contribution in [2.24, 2.45) is 7.05 Å². The van der Waals surface area contributed by atoms with Crippen molar-refractivity contribution in [3.8, 4) is 0 Å². The third-order valence-corrected chi connectivity index (χ3v) is 4.45. The van der Waals surface area contributed by atoms with Crippen molar-refractivity contribution < 1.29 is 9.84 Å². The largest absolute Gasteiger partial charge is 0.392 e. The van der Waals surface area contributed by atoms with Gasteiger partial charge >= 0.3 is 0 Å². The van der Waals surface area contributed by atoms with Crippen LogP contribution < -0.4 is 5.32 Å². The molecule has 0 spiro atoms. The molecule has 0 radical (unpaired) electrons. The summed E-state index contributed by atoms with van der Waals surface area (Å²) in [5.74, 6) is 0. The summed E-state index contributed by atoms with van der Waals surface area (Å²) >= 11 is 0. The molecule has 0 saturated carbocycles. The molecule has 2 aromatic rings. The summed E-state index contributed by atoms with van der Waals surface area (Å²) in [5, 5.41) is 17.0. The van der Waals surface area contributed by atoms with Crippen molar-refractivity contribution in [3.05, 3.63) is 52.8 Å². The van der Waals surface area contributed by atoms with Gasteiger partial charge in [-0.25, -0.2) is 0 Å². The van der Waals surface area contributed by atoms with Crippen molar-refractivity contribution in [3.63, 3.8) is 0 Å². The standard InChI is InChI=1S/C17H23N3O2/c1-12-15(10-19-20(12)2)17-16(7-8-22-17)18-9-13-3-5-14(11-21)6-4-13/h3-6,10,16-18,21H,7-9,11H2,1-2H3/t16-,17+/m0/s1. The number of aryl methyl sites for hydroxylation is 1. The Morgan fingerprint density at radius 1 is 1.32 bits per heavy atom. The Balaban J connectivity index is 1.65. The molecule has 0 unspecified atom stereocenters. The van der Waals surface area contributed by atoms with Gasteiger partial charge in [-0.05, 0) is 24.5 Å². The zero-order valence-electron chi connectivity index (χ0n) is 13.1. The molecule has 1 aliphatic rings. The molecule has 2 atom stereocenters. The number of aliphatic hydroxyl groups excluding tert-OH is 1. The first-order chi connectivity index (χ1) is 10.7. The molecule has 2 heterocycles. The fourth-order valence-electron chi connectivity index (χ4n) is 2.91. The summed E-state index contributed by atoms with van der Waals surface area (Å²) in [6.45, 7) is 3.75. The Labute approximate surface area is 130 Å². The van der Waals surface area contributed by atoms with Gasteiger partial charge in [-0.15, -0.1) is 0 Å². The first-order valence-electron chi connectivity index (χ1n) is 7.71. The van der Waals surface area contributed by atoms with E-state index in [4.69, 9.17) is 9.84 Å². The topological polar surface area (TPSA) is 59.3 Å². The van der Waals surface area contributed by atoms with E-state index in [0.717, 1.165) is 30.8 Å². The number of aromatic nitrogens is 2. The highest BCUT2D eigenvalue weighted by Crippen LogP contribution is 2.31. The summed E-state index contributed by atoms with van der Waals surface area (Å²) in [7, 11) is 1.96. The van der Waals surface area contributed by atoms with Crippen LogP contribution in [0.15, 0.2) is 30.5 Å². The zero-order chi connectivity index (χ0) is 15.5. The summed E-state index contributed by atoms with van der Waals surface area (Å²) < 4.78 is 7.81. The molecule has 5 nitrogen and oxygen atoms in total. The molecule has 1 aromatic heterocycles. The van der Waals surface area contributed by atoms with E-state index in [9.17, 15) is 0 Å². The lowest BCUT2D eigenvalue weighted by Crippen LogP contribution is -2.31. The minimum Gasteiger partial charge on any atom is -0.392 e. The fraction of sp³-hybridized carbons (Fsp3) is 0.471. The van der Waals surface area contributed by atoms with E-state index in [1.165, 1.54) is 11.1 Å². The van der Waals surface area contributed by atoms with E-state index in [1.54, 1.807) is 0 Å². The molecule has 1 saturated heterocycles. The Morgan fingerprint density at radius 2 is 2.05 bits per heavy atom. The van der Waals surface area contributed by atoms with Crippen LogP contribution in [0.5, 0.6) is 0 Å². The minimum atomic E-state index is 0.0745. The SMILES string of the molecule is Cc1c([C@H]2OCC[C@@H]2NCc2ccc(CO)cc2)cnn1C. The summed E-state index contributed by atoms with van der Waals surface area (Å²) in [4.78, 5) is 0. The number of ether oxygens (including phenoxy) is 1. The van der Waals surface area contributed by atoms with Gasteiger partial charge in [0.25, 0.3) is 0 Å². The lowest BCUT2D eigenvalue weighted by Gasteiger charge is -2.20. The maximum Gasteiger partial charge on any atom is 0.101 e. The van der Waals surface area contributed by atoms with Gasteiger partial charge in [0, 0.05) is 37.5 Å². The summed E-state index contributed by atoms with van der Waals surface area (Å²) in [6.07, 6.45) is 2.99. The quantitative estimate of drug-likeness (QED) is 0.885. The predicted molar refractivity (Wildman–Crippen MR) is 84.2 cm³/mol. The molecule has 0 aliphatic carbocycles. The van der Waals surface area contributed by atoms with Crippen LogP contribution in [0.4, 0.5) is 0 Å². The maximum atomic E-state index is 9.08. The van der Waals surface area contributed by atoms with Crippen LogP contribution in [0.2, 0.25) is 0 Å². The highest BCUT2D eigenvalue weighted by molar-refractivity contribution is 5.24. The van der Waals surface area contributed by atoms with Gasteiger partial charge in [0.15, 0.2) is 0 Å². The first-order valence-corrected chi connectivity index (χ1v) is 7.71. The van der Waals surface area contributed by atoms with Crippen molar-refractivity contribution in [2.75, 3.05) is 6.61 Å². The van der Waals surface area contributed by atoms with Crippen LogP contribution in [0.1, 0.15) is 34.9 Å². The van der Waals surface area contributed by atoms with Gasteiger partial charge in [-0.1, -0.05) is 24.3 Å². The van der Waals surface area contributed by atoms with Gasteiger partial charge in [-0.2, -0.15) is 5.10 Å². The van der Waals surface area contributed by atoms with Crippen LogP contribution in [-0.4, -0.2) is 27.5 Å². The third-order valence-electron chi connectivity index (χ3n) is 4.45. The molecule has 2 N–H and O–H groups in total. The van der Waals surface area contributed by atoms with E-state index in [0.29, 0.717) is 6.04 Å². The van der Waals surface area contributed by atoms with Gasteiger partial charge in [0.1, 0.15) is 6.10 Å². The number of hydrogen-bond acceptors (Lipinski definition) is 4. The number of rotatable bonds is 5. The lowest BCUT2D eigenvalue weighted by molar-refractivity contribution is 0.0979. The number of benzene rings is 1. The molecule has 5 heteroatoms. The second-order valence-corrected chi connectivity index (χ2v) is 5.85. The Bertz CT molecular complexity index is 621. The van der Waals surface area contributed by atoms with Crippen molar-refractivity contribution >= 4 is 0 Å². The van der Waals surface area contributed by atoms with Crippen LogP contribution >= 0.6 is 0 Å². The van der Waals surface area contributed by atoms with Crippen LogP contribution in [-0.2, 0) is 24.9 Å². The average molecular weight is 301 g/mol. The lowest BCUT2D eigenvalue weighted by atomic mass is 10.0. The summed E-state index contributed by atoms with van der Waals surface area (Å²) in [5.41, 5.74) is 4.49. The fourth-order valence-corrected chi connectivity index (χ4v) is 2.91. The van der Waals surface area contributed by atoms with Crippen LogP contribution in [0.25, 0.3) is 0 Å². The smallest absolute Gasteiger partial charge is 0.101 e. The van der Waals surface area contributed by atoms with E-state index in [2.05, 4.69) is 29.5 Å². The highest BCUT2D eigenvalue weighted by atomic mass is 16.5. The van der Waals surface area contributed by atoms with E-state index in [-0.39, 0.29) is 12.7 Å². The number of nitrogens with one attached hydrogen (secondary N) is 1. The van der Waals surface area contributed by atoms with Gasteiger partial charge in [0.05, 0.1) is 12.8 Å². The number of hydrogen-bond donors (Lipinski definition) is 2. The molecule has 1 fully saturated rings. The molecular formula is C17H23N3O2. The molecule has 3 rings (SSSR count). The maximum absolute atomic E-state index is 9.08. The molecule has 1 aromatic carbocycles. The average Bonchev–Trinajstić information content (AvgIpc) is 3.13. The number of aliphatic hydroxyl groups is 1. The highest BCUT2D eigenvalue weighted by Gasteiger charge is 2.31. The molecule has 0 amide bonds. The van der Waals surface area contributed by atoms with E-state index < -0.39 is 0 Å². The molecule has 0 bridgehead atoms. The third kappa shape index (κ3) is 3.06. The second kappa shape index (κ2) is 6.60. The van der Waals surface area contributed by atoms with Crippen LogP contribution in [0, 0.1) is 6.92 Å². The minimum absolute atomic E-state index is 0.0745. The predicted octanol–water partition coefficient (Wildman–Crippen LogP) is 1.84. The summed E-state index contributed by atoms with van der Waals surface area (Å²) in [6, 6.07) is 8.34. The molecule has 118 valence electrons. The van der Waals surface area contributed by atoms with Crippen LogP contribution in [0.3, 0.4) is 0 Å². The second-order valence-electron chi connectivity index (χ2n) is 5.85. The van der Waals surface area contributed by atoms with E-state index >= 15 is 0 Å². The Hall–Kier alpha value is -1.69. The Morgan fingerprint density at radius 3 is 2.68 bits per heavy atom. The van der Waals surface area contributed by atoms with Crippen molar-refractivity contribution in [2.45, 2.75) is 38.6 Å². The van der Waals surface area contributed by atoms with Crippen molar-refractivity contribution in [1.82, 2.24) is 15.1 Å². The zero-order valence-corrected chi connectivity index (χ0v) is 13.1. The number of nitrogens with zero attached hydrogens (tertiary/aromatic N) is 2. The molecule has 22 heavy (non-hydrogen) atoms. The monoisotopic (exact) mass is 301 g/mol. The first kappa shape index (κ1) is 15.2. The Kier molecular flexibility index (Phi) is 4.57. The molecule has 1 aliphatic heterocycles. The molecular weight excluding hydrogens is 278 g/mol. The van der Waals surface area contributed by atoms with Crippen molar-refractivity contribution in [1.29, 1.82) is 0 Å².